The molecule has 4 heterocycles. The van der Waals surface area contributed by atoms with Crippen LogP contribution in [0, 0.1) is 5.82 Å². The summed E-state index contributed by atoms with van der Waals surface area (Å²) in [4.78, 5) is 20.9. The summed E-state index contributed by atoms with van der Waals surface area (Å²) in [5, 5.41) is 6.58. The number of anilines is 3. The molecule has 2 aliphatic rings. The molecule has 2 unspecified atom stereocenters. The molecule has 1 saturated heterocycles. The summed E-state index contributed by atoms with van der Waals surface area (Å²) < 4.78 is 38.4. The minimum atomic E-state index is -3.33. The van der Waals surface area contributed by atoms with Crippen molar-refractivity contribution >= 4 is 38.1 Å². The predicted octanol–water partition coefficient (Wildman–Crippen LogP) is 4.02. The highest BCUT2D eigenvalue weighted by Gasteiger charge is 2.37. The van der Waals surface area contributed by atoms with Crippen molar-refractivity contribution in [1.82, 2.24) is 25.3 Å². The van der Waals surface area contributed by atoms with Crippen LogP contribution in [0.2, 0.25) is 0 Å². The Kier molecular flexibility index (Phi) is 6.19. The van der Waals surface area contributed by atoms with Gasteiger partial charge < -0.3 is 10.2 Å². The van der Waals surface area contributed by atoms with E-state index in [0.717, 1.165) is 40.7 Å². The molecule has 1 aliphatic carbocycles. The number of benzene rings is 1. The van der Waals surface area contributed by atoms with Crippen LogP contribution >= 0.6 is 0 Å². The van der Waals surface area contributed by atoms with Crippen LogP contribution in [-0.4, -0.2) is 59.1 Å². The maximum Gasteiger partial charge on any atom is 0.165 e. The van der Waals surface area contributed by atoms with Gasteiger partial charge in [-0.2, -0.15) is 0 Å². The van der Waals surface area contributed by atoms with Crippen LogP contribution in [0.4, 0.5) is 21.7 Å². The van der Waals surface area contributed by atoms with Crippen LogP contribution < -0.4 is 15.5 Å². The SMILES string of the molecule is CC1C(S(C)(=O)=O)NCCN1c1nc(-c2ccnc(Nc3ccc(F)cc3)c2)nc2cncc(C3CC3)c12. The fourth-order valence-corrected chi connectivity index (χ4v) is 6.40. The molecule has 1 aromatic carbocycles. The molecule has 9 nitrogen and oxygen atoms in total. The molecular weight excluding hydrogens is 505 g/mol. The normalized spacial score (nSPS) is 20.0. The van der Waals surface area contributed by atoms with Crippen LogP contribution in [-0.2, 0) is 9.84 Å². The first-order valence-electron chi connectivity index (χ1n) is 12.6. The number of hydrogen-bond acceptors (Lipinski definition) is 9. The summed E-state index contributed by atoms with van der Waals surface area (Å²) >= 11 is 0. The van der Waals surface area contributed by atoms with Gasteiger partial charge in [0.2, 0.25) is 0 Å². The van der Waals surface area contributed by atoms with Gasteiger partial charge in [-0.1, -0.05) is 0 Å². The molecule has 6 rings (SSSR count). The van der Waals surface area contributed by atoms with E-state index < -0.39 is 15.2 Å². The third-order valence-corrected chi connectivity index (χ3v) is 8.61. The highest BCUT2D eigenvalue weighted by Crippen LogP contribution is 2.45. The first kappa shape index (κ1) is 24.6. The number of rotatable bonds is 6. The second-order valence-corrected chi connectivity index (χ2v) is 12.1. The van der Waals surface area contributed by atoms with Gasteiger partial charge in [-0.3, -0.25) is 10.3 Å². The van der Waals surface area contributed by atoms with E-state index in [0.29, 0.717) is 36.3 Å². The number of fused-ring (bicyclic) bond motifs is 1. The number of piperazine rings is 1. The third kappa shape index (κ3) is 4.79. The van der Waals surface area contributed by atoms with E-state index in [4.69, 9.17) is 9.97 Å². The molecule has 0 radical (unpaired) electrons. The number of halogens is 1. The van der Waals surface area contributed by atoms with Crippen molar-refractivity contribution in [3.8, 4) is 11.4 Å². The molecular formula is C27H28FN7O2S. The fraction of sp³-hybridized carbons (Fsp3) is 0.333. The lowest BCUT2D eigenvalue weighted by atomic mass is 10.1. The number of pyridine rings is 2. The number of nitrogens with zero attached hydrogens (tertiary/aromatic N) is 5. The summed E-state index contributed by atoms with van der Waals surface area (Å²) in [6.07, 6.45) is 8.75. The minimum absolute atomic E-state index is 0.311. The largest absolute Gasteiger partial charge is 0.349 e. The molecule has 1 saturated carbocycles. The lowest BCUT2D eigenvalue weighted by molar-refractivity contribution is 0.444. The maximum absolute atomic E-state index is 13.3. The zero-order valence-corrected chi connectivity index (χ0v) is 21.9. The molecule has 196 valence electrons. The van der Waals surface area contributed by atoms with Crippen molar-refractivity contribution in [2.24, 2.45) is 0 Å². The van der Waals surface area contributed by atoms with Crippen LogP contribution in [0.15, 0.2) is 55.0 Å². The van der Waals surface area contributed by atoms with E-state index in [2.05, 4.69) is 25.5 Å². The van der Waals surface area contributed by atoms with Crippen molar-refractivity contribution in [1.29, 1.82) is 0 Å². The van der Waals surface area contributed by atoms with Gasteiger partial charge in [0.15, 0.2) is 15.7 Å². The zero-order valence-electron chi connectivity index (χ0n) is 21.1. The Morgan fingerprint density at radius 3 is 2.63 bits per heavy atom. The summed E-state index contributed by atoms with van der Waals surface area (Å²) in [6.45, 7) is 3.05. The van der Waals surface area contributed by atoms with Gasteiger partial charge in [-0.05, 0) is 67.6 Å². The first-order valence-corrected chi connectivity index (χ1v) is 14.6. The molecule has 11 heteroatoms. The Morgan fingerprint density at radius 2 is 1.89 bits per heavy atom. The predicted molar refractivity (Wildman–Crippen MR) is 146 cm³/mol. The number of sulfone groups is 1. The van der Waals surface area contributed by atoms with E-state index in [1.54, 1.807) is 24.5 Å². The molecule has 2 atom stereocenters. The van der Waals surface area contributed by atoms with Crippen LogP contribution in [0.25, 0.3) is 22.3 Å². The van der Waals surface area contributed by atoms with Crippen molar-refractivity contribution in [3.63, 3.8) is 0 Å². The smallest absolute Gasteiger partial charge is 0.165 e. The van der Waals surface area contributed by atoms with E-state index in [9.17, 15) is 12.8 Å². The molecule has 2 fully saturated rings. The molecule has 1 aliphatic heterocycles. The molecule has 4 aromatic rings. The fourth-order valence-electron chi connectivity index (χ4n) is 5.12. The van der Waals surface area contributed by atoms with Gasteiger partial charge in [0.25, 0.3) is 0 Å². The van der Waals surface area contributed by atoms with Crippen LogP contribution in [0.3, 0.4) is 0 Å². The average Bonchev–Trinajstić information content (AvgIpc) is 3.74. The van der Waals surface area contributed by atoms with Crippen LogP contribution in [0.5, 0.6) is 0 Å². The number of hydrogen-bond donors (Lipinski definition) is 2. The summed E-state index contributed by atoms with van der Waals surface area (Å²) in [5.41, 5.74) is 3.28. The standard InChI is InChI=1S/C27H28FN7O2S/c1-16-27(38(2,36)37)31-11-12-35(16)26-24-21(17-3-4-17)14-29-15-22(24)33-25(34-26)18-9-10-30-23(13-18)32-20-7-5-19(28)6-8-20/h5-10,13-17,27,31H,3-4,11-12H2,1-2H3,(H,30,32). The minimum Gasteiger partial charge on any atom is -0.349 e. The highest BCUT2D eigenvalue weighted by atomic mass is 32.2. The Hall–Kier alpha value is -3.70. The van der Waals surface area contributed by atoms with Gasteiger partial charge in [0.05, 0.1) is 17.8 Å². The van der Waals surface area contributed by atoms with Crippen molar-refractivity contribution in [2.75, 3.05) is 29.6 Å². The topological polar surface area (TPSA) is 113 Å². The maximum atomic E-state index is 13.3. The first-order chi connectivity index (χ1) is 18.3. The monoisotopic (exact) mass is 533 g/mol. The highest BCUT2D eigenvalue weighted by molar-refractivity contribution is 7.91. The molecule has 3 aromatic heterocycles. The quantitative estimate of drug-likeness (QED) is 0.379. The van der Waals surface area contributed by atoms with Gasteiger partial charge >= 0.3 is 0 Å². The van der Waals surface area contributed by atoms with E-state index >= 15 is 0 Å². The van der Waals surface area contributed by atoms with E-state index in [1.807, 2.05) is 25.3 Å². The van der Waals surface area contributed by atoms with Gasteiger partial charge in [0, 0.05) is 48.4 Å². The number of aromatic nitrogens is 4. The second-order valence-electron chi connectivity index (χ2n) is 9.97. The second kappa shape index (κ2) is 9.55. The summed E-state index contributed by atoms with van der Waals surface area (Å²) in [6, 6.07) is 9.39. The molecule has 2 N–H and O–H groups in total. The van der Waals surface area contributed by atoms with Gasteiger partial charge in [-0.15, -0.1) is 0 Å². The third-order valence-electron chi connectivity index (χ3n) is 7.13. The zero-order chi connectivity index (χ0) is 26.4. The Labute approximate surface area is 220 Å². The lowest BCUT2D eigenvalue weighted by Crippen LogP contribution is -2.59. The summed E-state index contributed by atoms with van der Waals surface area (Å²) in [5.74, 6) is 1.89. The average molecular weight is 534 g/mol. The number of nitrogens with one attached hydrogen (secondary N) is 2. The molecule has 0 bridgehead atoms. The molecule has 0 amide bonds. The van der Waals surface area contributed by atoms with Crippen molar-refractivity contribution < 1.29 is 12.8 Å². The van der Waals surface area contributed by atoms with E-state index in [-0.39, 0.29) is 11.9 Å². The Balaban J connectivity index is 1.46. The molecule has 0 spiro atoms. The van der Waals surface area contributed by atoms with Gasteiger partial charge in [-0.25, -0.2) is 27.8 Å². The summed E-state index contributed by atoms with van der Waals surface area (Å²) in [7, 11) is -3.33. The Morgan fingerprint density at radius 1 is 1.11 bits per heavy atom. The lowest BCUT2D eigenvalue weighted by Gasteiger charge is -2.40. The van der Waals surface area contributed by atoms with Gasteiger partial charge in [0.1, 0.15) is 22.8 Å². The molecule has 38 heavy (non-hydrogen) atoms. The van der Waals surface area contributed by atoms with Crippen LogP contribution in [0.1, 0.15) is 31.2 Å². The van der Waals surface area contributed by atoms with E-state index in [1.165, 1.54) is 18.4 Å². The van der Waals surface area contributed by atoms with Crippen molar-refractivity contribution in [3.05, 3.63) is 66.4 Å². The van der Waals surface area contributed by atoms with Crippen molar-refractivity contribution in [2.45, 2.75) is 37.1 Å². The Bertz CT molecular complexity index is 1610.